The number of hydrogen-bond donors (Lipinski definition) is 1. The molecular weight excluding hydrogens is 254 g/mol. The molecule has 0 bridgehead atoms. The minimum atomic E-state index is -0.139. The van der Waals surface area contributed by atoms with Crippen molar-refractivity contribution in [1.29, 1.82) is 0 Å². The fourth-order valence-corrected chi connectivity index (χ4v) is 3.65. The first-order valence-corrected chi connectivity index (χ1v) is 7.94. The molecule has 2 nitrogen and oxygen atoms in total. The first kappa shape index (κ1) is 14.1. The van der Waals surface area contributed by atoms with Crippen molar-refractivity contribution in [3.63, 3.8) is 0 Å². The van der Waals surface area contributed by atoms with Crippen LogP contribution >= 0.6 is 11.3 Å². The van der Waals surface area contributed by atoms with Gasteiger partial charge in [-0.05, 0) is 43.7 Å². The molecule has 0 saturated heterocycles. The molecule has 0 aromatic carbocycles. The van der Waals surface area contributed by atoms with Crippen molar-refractivity contribution >= 4 is 17.2 Å². The average Bonchev–Trinajstić information content (AvgIpc) is 2.69. The fraction of sp³-hybridized carbons (Fsp3) is 0.562. The van der Waals surface area contributed by atoms with Gasteiger partial charge in [0.25, 0.3) is 5.91 Å². The van der Waals surface area contributed by atoms with Crippen LogP contribution in [0.2, 0.25) is 0 Å². The van der Waals surface area contributed by atoms with E-state index in [1.807, 2.05) is 0 Å². The second-order valence-corrected chi connectivity index (χ2v) is 6.24. The predicted octanol–water partition coefficient (Wildman–Crippen LogP) is 3.55. The van der Waals surface area contributed by atoms with Crippen molar-refractivity contribution in [2.24, 2.45) is 0 Å². The fourth-order valence-electron chi connectivity index (χ4n) is 2.49. The van der Waals surface area contributed by atoms with Gasteiger partial charge in [0.05, 0.1) is 10.9 Å². The Labute approximate surface area is 119 Å². The smallest absolute Gasteiger partial charge is 0.262 e. The third-order valence-electron chi connectivity index (χ3n) is 3.55. The Morgan fingerprint density at radius 1 is 1.47 bits per heavy atom. The molecule has 1 aromatic rings. The summed E-state index contributed by atoms with van der Waals surface area (Å²) in [4.78, 5) is 14.4. The average molecular weight is 275 g/mol. The van der Waals surface area contributed by atoms with Gasteiger partial charge in [0.1, 0.15) is 0 Å². The zero-order valence-electron chi connectivity index (χ0n) is 11.5. The number of carbonyl (C=O) groups excluding carboxylic acids is 1. The normalized spacial score (nSPS) is 16.0. The van der Waals surface area contributed by atoms with Gasteiger partial charge in [-0.25, -0.2) is 0 Å². The highest BCUT2D eigenvalue weighted by Gasteiger charge is 2.17. The molecule has 1 aromatic heterocycles. The summed E-state index contributed by atoms with van der Waals surface area (Å²) in [5.74, 6) is 2.64. The molecule has 0 fully saturated rings. The highest BCUT2D eigenvalue weighted by Crippen LogP contribution is 2.28. The Bertz CT molecular complexity index is 460. The van der Waals surface area contributed by atoms with Crippen LogP contribution in [0.3, 0.4) is 0 Å². The summed E-state index contributed by atoms with van der Waals surface area (Å²) in [7, 11) is 0. The van der Waals surface area contributed by atoms with Gasteiger partial charge in [-0.2, -0.15) is 0 Å². The van der Waals surface area contributed by atoms with Gasteiger partial charge in [0, 0.05) is 4.88 Å². The molecule has 2 rings (SSSR count). The van der Waals surface area contributed by atoms with Crippen LogP contribution in [0.5, 0.6) is 0 Å². The Morgan fingerprint density at radius 2 is 2.26 bits per heavy atom. The molecule has 3 heteroatoms. The molecular formula is C16H21NOS. The zero-order valence-corrected chi connectivity index (χ0v) is 12.3. The van der Waals surface area contributed by atoms with Crippen LogP contribution in [0.15, 0.2) is 6.07 Å². The lowest BCUT2D eigenvalue weighted by Crippen LogP contribution is -2.33. The van der Waals surface area contributed by atoms with Crippen LogP contribution in [0, 0.1) is 12.3 Å². The number of amides is 1. The number of aryl methyl sites for hydroxylation is 2. The standard InChI is InChI=1S/C16H21NOS/c1-3-8-13(4-2)17-16(18)15-11-12-9-6-5-7-10-14(12)19-15/h2,11,13H,3,5-10H2,1H3,(H,17,18). The van der Waals surface area contributed by atoms with Crippen LogP contribution in [-0.2, 0) is 12.8 Å². The summed E-state index contributed by atoms with van der Waals surface area (Å²) in [6.45, 7) is 2.07. The molecule has 1 aliphatic rings. The third kappa shape index (κ3) is 3.61. The van der Waals surface area contributed by atoms with Gasteiger partial charge in [0.15, 0.2) is 0 Å². The summed E-state index contributed by atoms with van der Waals surface area (Å²) in [6, 6.07) is 1.93. The largest absolute Gasteiger partial charge is 0.338 e. The molecule has 0 spiro atoms. The molecule has 1 unspecified atom stereocenters. The van der Waals surface area contributed by atoms with E-state index >= 15 is 0 Å². The maximum absolute atomic E-state index is 12.2. The number of terminal acetylenes is 1. The van der Waals surface area contributed by atoms with Gasteiger partial charge in [0.2, 0.25) is 0 Å². The van der Waals surface area contributed by atoms with E-state index in [1.54, 1.807) is 11.3 Å². The summed E-state index contributed by atoms with van der Waals surface area (Å²) < 4.78 is 0. The van der Waals surface area contributed by atoms with E-state index in [9.17, 15) is 4.79 Å². The monoisotopic (exact) mass is 275 g/mol. The van der Waals surface area contributed by atoms with E-state index in [2.05, 4.69) is 24.2 Å². The van der Waals surface area contributed by atoms with E-state index < -0.39 is 0 Å². The van der Waals surface area contributed by atoms with E-state index in [1.165, 1.54) is 29.7 Å². The Kier molecular flexibility index (Phi) is 5.04. The number of carbonyl (C=O) groups is 1. The van der Waals surface area contributed by atoms with Crippen molar-refractivity contribution in [1.82, 2.24) is 5.32 Å². The first-order valence-electron chi connectivity index (χ1n) is 7.13. The summed E-state index contributed by atoms with van der Waals surface area (Å²) in [5, 5.41) is 2.94. The maximum Gasteiger partial charge on any atom is 0.262 e. The lowest BCUT2D eigenvalue weighted by Gasteiger charge is -2.10. The zero-order chi connectivity index (χ0) is 13.7. The third-order valence-corrected chi connectivity index (χ3v) is 4.79. The lowest BCUT2D eigenvalue weighted by atomic mass is 10.1. The highest BCUT2D eigenvalue weighted by molar-refractivity contribution is 7.14. The van der Waals surface area contributed by atoms with Crippen LogP contribution in [-0.4, -0.2) is 11.9 Å². The SMILES string of the molecule is C#CC(CCC)NC(=O)c1cc2c(s1)CCCCC2. The van der Waals surface area contributed by atoms with Crippen molar-refractivity contribution < 1.29 is 4.79 Å². The number of fused-ring (bicyclic) bond motifs is 1. The number of nitrogens with one attached hydrogen (secondary N) is 1. The van der Waals surface area contributed by atoms with Crippen LogP contribution in [0.1, 0.15) is 59.1 Å². The molecule has 1 aliphatic carbocycles. The van der Waals surface area contributed by atoms with Crippen LogP contribution in [0.4, 0.5) is 0 Å². The van der Waals surface area contributed by atoms with Gasteiger partial charge in [-0.15, -0.1) is 17.8 Å². The summed E-state index contributed by atoms with van der Waals surface area (Å²) in [5.41, 5.74) is 1.38. The molecule has 19 heavy (non-hydrogen) atoms. The minimum Gasteiger partial charge on any atom is -0.338 e. The second-order valence-electron chi connectivity index (χ2n) is 5.10. The minimum absolute atomic E-state index is 0.00512. The lowest BCUT2D eigenvalue weighted by molar-refractivity contribution is 0.0948. The molecule has 102 valence electrons. The molecule has 0 saturated carbocycles. The van der Waals surface area contributed by atoms with Crippen molar-refractivity contribution in [2.45, 2.75) is 57.9 Å². The van der Waals surface area contributed by atoms with Gasteiger partial charge < -0.3 is 5.32 Å². The molecule has 1 N–H and O–H groups in total. The van der Waals surface area contributed by atoms with Crippen LogP contribution in [0.25, 0.3) is 0 Å². The molecule has 0 aliphatic heterocycles. The van der Waals surface area contributed by atoms with Crippen molar-refractivity contribution in [2.75, 3.05) is 0 Å². The van der Waals surface area contributed by atoms with E-state index in [0.717, 1.165) is 30.6 Å². The van der Waals surface area contributed by atoms with E-state index in [4.69, 9.17) is 6.42 Å². The molecule has 1 heterocycles. The highest BCUT2D eigenvalue weighted by atomic mass is 32.1. The maximum atomic E-state index is 12.2. The predicted molar refractivity (Wildman–Crippen MR) is 80.6 cm³/mol. The number of hydrogen-bond acceptors (Lipinski definition) is 2. The van der Waals surface area contributed by atoms with Crippen molar-refractivity contribution in [3.05, 3.63) is 21.4 Å². The summed E-state index contributed by atoms with van der Waals surface area (Å²) >= 11 is 1.65. The topological polar surface area (TPSA) is 29.1 Å². The molecule has 1 atom stereocenters. The number of rotatable bonds is 4. The van der Waals surface area contributed by atoms with Gasteiger partial charge in [-0.1, -0.05) is 25.7 Å². The van der Waals surface area contributed by atoms with Crippen molar-refractivity contribution in [3.8, 4) is 12.3 Å². The van der Waals surface area contributed by atoms with E-state index in [-0.39, 0.29) is 11.9 Å². The van der Waals surface area contributed by atoms with Gasteiger partial charge >= 0.3 is 0 Å². The Balaban J connectivity index is 2.05. The Morgan fingerprint density at radius 3 is 3.00 bits per heavy atom. The van der Waals surface area contributed by atoms with E-state index in [0.29, 0.717) is 0 Å². The molecule has 0 radical (unpaired) electrons. The summed E-state index contributed by atoms with van der Waals surface area (Å²) in [6.07, 6.45) is 13.3. The van der Waals surface area contributed by atoms with Crippen LogP contribution < -0.4 is 5.32 Å². The quantitative estimate of drug-likeness (QED) is 0.661. The second kappa shape index (κ2) is 6.77. The Hall–Kier alpha value is -1.27. The molecule has 1 amide bonds. The number of thiophene rings is 1. The van der Waals surface area contributed by atoms with Gasteiger partial charge in [-0.3, -0.25) is 4.79 Å². The first-order chi connectivity index (χ1) is 9.24.